The van der Waals surface area contributed by atoms with Crippen molar-refractivity contribution in [3.05, 3.63) is 0 Å². The summed E-state index contributed by atoms with van der Waals surface area (Å²) >= 11 is 7.10. The van der Waals surface area contributed by atoms with Gasteiger partial charge in [0.25, 0.3) is 0 Å². The van der Waals surface area contributed by atoms with Crippen LogP contribution in [0.2, 0.25) is 0 Å². The molecule has 2 amide bonds. The number of rotatable bonds is 1. The molecule has 1 aliphatic carbocycles. The lowest BCUT2D eigenvalue weighted by Gasteiger charge is -2.29. The van der Waals surface area contributed by atoms with Gasteiger partial charge in [-0.2, -0.15) is 0 Å². The average Bonchev–Trinajstić information content (AvgIpc) is 2.42. The molecular weight excluding hydrogens is 326 g/mol. The van der Waals surface area contributed by atoms with Gasteiger partial charge < -0.3 is 0 Å². The van der Waals surface area contributed by atoms with Gasteiger partial charge in [-0.1, -0.05) is 31.9 Å². The molecule has 4 atom stereocenters. The molecule has 2 fully saturated rings. The molecule has 1 heterocycles. The smallest absolute Gasteiger partial charge is 0.233 e. The lowest BCUT2D eigenvalue weighted by molar-refractivity contribution is -0.139. The molecule has 3 nitrogen and oxygen atoms in total. The summed E-state index contributed by atoms with van der Waals surface area (Å²) in [5, 5.41) is 0. The van der Waals surface area contributed by atoms with E-state index in [1.807, 2.05) is 6.92 Å². The zero-order valence-electron chi connectivity index (χ0n) is 8.45. The van der Waals surface area contributed by atoms with E-state index >= 15 is 0 Å². The molecule has 0 radical (unpaired) electrons. The molecule has 0 aromatic heterocycles. The number of nitrogens with zero attached hydrogens (tertiary/aromatic N) is 1. The Kier molecular flexibility index (Phi) is 3.22. The predicted octanol–water partition coefficient (Wildman–Crippen LogP) is 1.93. The van der Waals surface area contributed by atoms with E-state index in [4.69, 9.17) is 0 Å². The Bertz CT molecular complexity index is 280. The number of halogens is 2. The minimum Gasteiger partial charge on any atom is -0.282 e. The van der Waals surface area contributed by atoms with Crippen molar-refractivity contribution in [3.63, 3.8) is 0 Å². The Morgan fingerprint density at radius 3 is 1.87 bits per heavy atom. The number of hydrogen-bond acceptors (Lipinski definition) is 2. The Morgan fingerprint density at radius 1 is 1.13 bits per heavy atom. The Balaban J connectivity index is 2.23. The molecule has 2 aliphatic rings. The third-order valence-electron chi connectivity index (χ3n) is 3.32. The average molecular weight is 339 g/mol. The fourth-order valence-corrected chi connectivity index (χ4v) is 3.71. The second kappa shape index (κ2) is 4.17. The topological polar surface area (TPSA) is 37.4 Å². The van der Waals surface area contributed by atoms with Crippen molar-refractivity contribution in [2.24, 2.45) is 11.8 Å². The van der Waals surface area contributed by atoms with E-state index in [1.54, 1.807) is 0 Å². The molecule has 0 spiro atoms. The minimum absolute atomic E-state index is 0.0244. The van der Waals surface area contributed by atoms with E-state index < -0.39 is 0 Å². The maximum Gasteiger partial charge on any atom is 0.233 e. The number of fused-ring (bicyclic) bond motifs is 1. The monoisotopic (exact) mass is 337 g/mol. The fraction of sp³-hybridized carbons (Fsp3) is 0.800. The first-order chi connectivity index (χ1) is 7.06. The molecule has 2 rings (SSSR count). The van der Waals surface area contributed by atoms with Crippen LogP contribution in [0.4, 0.5) is 0 Å². The Hall–Kier alpha value is 0.1000. The summed E-state index contributed by atoms with van der Waals surface area (Å²) in [7, 11) is 0. The highest BCUT2D eigenvalue weighted by atomic mass is 79.9. The molecule has 0 aromatic rings. The number of imide groups is 1. The van der Waals surface area contributed by atoms with Gasteiger partial charge in [0, 0.05) is 16.2 Å². The molecule has 84 valence electrons. The van der Waals surface area contributed by atoms with Crippen molar-refractivity contribution >= 4 is 43.7 Å². The van der Waals surface area contributed by atoms with Crippen LogP contribution in [0.5, 0.6) is 0 Å². The fourth-order valence-electron chi connectivity index (χ4n) is 2.48. The van der Waals surface area contributed by atoms with Gasteiger partial charge >= 0.3 is 0 Å². The van der Waals surface area contributed by atoms with E-state index in [0.717, 1.165) is 12.8 Å². The highest BCUT2D eigenvalue weighted by Gasteiger charge is 2.51. The normalized spacial score (nSPS) is 40.9. The lowest BCUT2D eigenvalue weighted by Crippen LogP contribution is -2.34. The van der Waals surface area contributed by atoms with Crippen LogP contribution in [-0.4, -0.2) is 32.9 Å². The van der Waals surface area contributed by atoms with Gasteiger partial charge in [0.15, 0.2) is 0 Å². The van der Waals surface area contributed by atoms with Crippen LogP contribution >= 0.6 is 31.9 Å². The summed E-state index contributed by atoms with van der Waals surface area (Å²) in [6.45, 7) is 2.36. The van der Waals surface area contributed by atoms with Crippen LogP contribution in [0.15, 0.2) is 0 Å². The zero-order chi connectivity index (χ0) is 11.2. The van der Waals surface area contributed by atoms with Crippen molar-refractivity contribution in [2.45, 2.75) is 29.4 Å². The van der Waals surface area contributed by atoms with Crippen molar-refractivity contribution in [3.8, 4) is 0 Å². The quantitative estimate of drug-likeness (QED) is 0.541. The van der Waals surface area contributed by atoms with Crippen molar-refractivity contribution in [1.82, 2.24) is 4.90 Å². The molecule has 1 saturated carbocycles. The zero-order valence-corrected chi connectivity index (χ0v) is 11.6. The van der Waals surface area contributed by atoms with Gasteiger partial charge in [-0.3, -0.25) is 14.5 Å². The summed E-state index contributed by atoms with van der Waals surface area (Å²) in [6, 6.07) is 0. The summed E-state index contributed by atoms with van der Waals surface area (Å²) in [6.07, 6.45) is 1.53. The number of amides is 2. The van der Waals surface area contributed by atoms with Crippen LogP contribution < -0.4 is 0 Å². The lowest BCUT2D eigenvalue weighted by atomic mass is 9.81. The van der Waals surface area contributed by atoms with Crippen LogP contribution in [0, 0.1) is 11.8 Å². The SMILES string of the molecule is CCN1C(=O)C2CC(Br)C(Br)CC2C1=O. The summed E-state index contributed by atoms with van der Waals surface area (Å²) in [4.78, 5) is 25.8. The van der Waals surface area contributed by atoms with Gasteiger partial charge in [0.05, 0.1) is 11.8 Å². The van der Waals surface area contributed by atoms with Crippen molar-refractivity contribution < 1.29 is 9.59 Å². The first-order valence-corrected chi connectivity index (χ1v) is 7.02. The van der Waals surface area contributed by atoms with E-state index in [1.165, 1.54) is 4.90 Å². The summed E-state index contributed by atoms with van der Waals surface area (Å²) < 4.78 is 0. The van der Waals surface area contributed by atoms with Crippen molar-refractivity contribution in [1.29, 1.82) is 0 Å². The molecule has 1 aliphatic heterocycles. The van der Waals surface area contributed by atoms with Crippen LogP contribution in [0.1, 0.15) is 19.8 Å². The third kappa shape index (κ3) is 1.78. The van der Waals surface area contributed by atoms with Gasteiger partial charge in [-0.25, -0.2) is 0 Å². The number of hydrogen-bond donors (Lipinski definition) is 0. The molecule has 15 heavy (non-hydrogen) atoms. The maximum absolute atomic E-state index is 11.9. The minimum atomic E-state index is -0.0874. The molecule has 1 saturated heterocycles. The highest BCUT2D eigenvalue weighted by Crippen LogP contribution is 2.42. The predicted molar refractivity (Wildman–Crippen MR) is 64.0 cm³/mol. The van der Waals surface area contributed by atoms with Crippen LogP contribution in [-0.2, 0) is 9.59 Å². The number of carbonyl (C=O) groups is 2. The molecule has 0 N–H and O–H groups in total. The number of alkyl halides is 2. The van der Waals surface area contributed by atoms with Gasteiger partial charge in [0.1, 0.15) is 0 Å². The molecule has 0 aromatic carbocycles. The Labute approximate surface area is 106 Å². The highest BCUT2D eigenvalue weighted by molar-refractivity contribution is 9.12. The van der Waals surface area contributed by atoms with Crippen LogP contribution in [0.25, 0.3) is 0 Å². The van der Waals surface area contributed by atoms with E-state index in [9.17, 15) is 9.59 Å². The van der Waals surface area contributed by atoms with Gasteiger partial charge in [0.2, 0.25) is 11.8 Å². The Morgan fingerprint density at radius 2 is 1.53 bits per heavy atom. The molecule has 5 heteroatoms. The summed E-state index contributed by atoms with van der Waals surface area (Å²) in [5.74, 6) is -0.126. The second-order valence-corrected chi connectivity index (χ2v) is 6.49. The second-order valence-electron chi connectivity index (χ2n) is 4.14. The first kappa shape index (κ1) is 11.6. The molecule has 4 unspecified atom stereocenters. The van der Waals surface area contributed by atoms with Crippen LogP contribution in [0.3, 0.4) is 0 Å². The van der Waals surface area contributed by atoms with E-state index in [0.29, 0.717) is 16.2 Å². The number of likely N-dealkylation sites (tertiary alicyclic amines) is 1. The third-order valence-corrected chi connectivity index (χ3v) is 6.05. The number of carbonyl (C=O) groups excluding carboxylic acids is 2. The van der Waals surface area contributed by atoms with Crippen molar-refractivity contribution in [2.75, 3.05) is 6.54 Å². The largest absolute Gasteiger partial charge is 0.282 e. The summed E-state index contributed by atoms with van der Waals surface area (Å²) in [5.41, 5.74) is 0. The molecule has 0 bridgehead atoms. The van der Waals surface area contributed by atoms with Gasteiger partial charge in [-0.05, 0) is 19.8 Å². The van der Waals surface area contributed by atoms with Gasteiger partial charge in [-0.15, -0.1) is 0 Å². The molecular formula is C10H13Br2NO2. The van der Waals surface area contributed by atoms with E-state index in [2.05, 4.69) is 31.9 Å². The first-order valence-electron chi connectivity index (χ1n) is 5.19. The standard InChI is InChI=1S/C10H13Br2NO2/c1-2-13-9(14)5-3-7(11)8(12)4-6(5)10(13)15/h5-8H,2-4H2,1H3. The van der Waals surface area contributed by atoms with E-state index in [-0.39, 0.29) is 23.7 Å². The maximum atomic E-state index is 11.9.